The topological polar surface area (TPSA) is 30.8 Å². The molecule has 0 saturated carbocycles. The van der Waals surface area contributed by atoms with Gasteiger partial charge >= 0.3 is 0 Å². The van der Waals surface area contributed by atoms with Crippen LogP contribution in [0, 0.1) is 19.7 Å². The van der Waals surface area contributed by atoms with Crippen molar-refractivity contribution in [1.82, 2.24) is 0 Å². The molecule has 0 radical (unpaired) electrons. The molecule has 3 aromatic carbocycles. The number of halogens is 2. The number of nitrogens with zero attached hydrogens (tertiary/aromatic N) is 1. The van der Waals surface area contributed by atoms with Crippen molar-refractivity contribution in [3.05, 3.63) is 87.1 Å². The first kappa shape index (κ1) is 20.1. The van der Waals surface area contributed by atoms with Crippen molar-refractivity contribution in [3.8, 4) is 11.5 Å². The monoisotopic (exact) mass is 441 g/mol. The second kappa shape index (κ2) is 9.02. The highest BCUT2D eigenvalue weighted by Gasteiger charge is 2.12. The molecule has 3 aromatic rings. The van der Waals surface area contributed by atoms with Crippen molar-refractivity contribution in [2.24, 2.45) is 4.99 Å². The fraction of sp³-hybridized carbons (Fsp3) is 0.174. The summed E-state index contributed by atoms with van der Waals surface area (Å²) in [7, 11) is 1.59. The van der Waals surface area contributed by atoms with E-state index in [2.05, 4.69) is 39.1 Å². The Labute approximate surface area is 173 Å². The minimum absolute atomic E-state index is 0.239. The Hall–Kier alpha value is -2.66. The average Bonchev–Trinajstić information content (AvgIpc) is 2.67. The minimum Gasteiger partial charge on any atom is -0.493 e. The Balaban J connectivity index is 1.83. The fourth-order valence-corrected chi connectivity index (χ4v) is 3.31. The molecule has 3 rings (SSSR count). The van der Waals surface area contributed by atoms with Crippen molar-refractivity contribution in [2.75, 3.05) is 7.11 Å². The quantitative estimate of drug-likeness (QED) is 0.406. The number of rotatable bonds is 6. The van der Waals surface area contributed by atoms with Crippen LogP contribution in [0.2, 0.25) is 0 Å². The van der Waals surface area contributed by atoms with E-state index in [0.29, 0.717) is 11.5 Å². The third-order valence-corrected chi connectivity index (χ3v) is 4.83. The number of ether oxygens (including phenoxy) is 2. The summed E-state index contributed by atoms with van der Waals surface area (Å²) in [6, 6.07) is 16.3. The van der Waals surface area contributed by atoms with Gasteiger partial charge in [0.05, 0.1) is 17.3 Å². The number of benzene rings is 3. The number of hydrogen-bond donors (Lipinski definition) is 0. The first-order valence-electron chi connectivity index (χ1n) is 8.82. The SMILES string of the molecule is COc1cc(C=Nc2cc(C)ccc2C)cc(Br)c1OCc1cccc(F)c1. The summed E-state index contributed by atoms with van der Waals surface area (Å²) in [5.74, 6) is 0.856. The predicted molar refractivity (Wildman–Crippen MR) is 115 cm³/mol. The summed E-state index contributed by atoms with van der Waals surface area (Å²) in [6.45, 7) is 4.32. The maximum Gasteiger partial charge on any atom is 0.175 e. The molecule has 0 bridgehead atoms. The summed E-state index contributed by atoms with van der Waals surface area (Å²) in [5, 5.41) is 0. The van der Waals surface area contributed by atoms with Gasteiger partial charge in [-0.3, -0.25) is 4.99 Å². The van der Waals surface area contributed by atoms with Crippen molar-refractivity contribution >= 4 is 27.8 Å². The highest BCUT2D eigenvalue weighted by molar-refractivity contribution is 9.10. The van der Waals surface area contributed by atoms with E-state index >= 15 is 0 Å². The van der Waals surface area contributed by atoms with Gasteiger partial charge in [0.25, 0.3) is 0 Å². The van der Waals surface area contributed by atoms with Crippen molar-refractivity contribution in [2.45, 2.75) is 20.5 Å². The van der Waals surface area contributed by atoms with Crippen LogP contribution in [-0.2, 0) is 6.61 Å². The summed E-state index contributed by atoms with van der Waals surface area (Å²) in [4.78, 5) is 4.60. The molecule has 0 unspecified atom stereocenters. The Kier molecular flexibility index (Phi) is 6.47. The maximum atomic E-state index is 13.3. The number of methoxy groups -OCH3 is 1. The lowest BCUT2D eigenvalue weighted by Crippen LogP contribution is -2.00. The molecule has 0 spiro atoms. The van der Waals surface area contributed by atoms with Gasteiger partial charge in [0.1, 0.15) is 12.4 Å². The van der Waals surface area contributed by atoms with Crippen LogP contribution in [0.25, 0.3) is 0 Å². The molecule has 0 aromatic heterocycles. The van der Waals surface area contributed by atoms with Gasteiger partial charge in [-0.25, -0.2) is 4.39 Å². The lowest BCUT2D eigenvalue weighted by molar-refractivity contribution is 0.282. The van der Waals surface area contributed by atoms with Crippen LogP contribution < -0.4 is 9.47 Å². The molecule has 0 fully saturated rings. The molecule has 0 amide bonds. The van der Waals surface area contributed by atoms with Gasteiger partial charge in [-0.1, -0.05) is 24.3 Å². The molecule has 0 saturated heterocycles. The van der Waals surface area contributed by atoms with Gasteiger partial charge in [-0.05, 0) is 82.4 Å². The summed E-state index contributed by atoms with van der Waals surface area (Å²) < 4.78 is 25.4. The molecule has 0 heterocycles. The lowest BCUT2D eigenvalue weighted by Gasteiger charge is -2.13. The van der Waals surface area contributed by atoms with Crippen molar-refractivity contribution < 1.29 is 13.9 Å². The van der Waals surface area contributed by atoms with Gasteiger partial charge in [0.15, 0.2) is 11.5 Å². The first-order valence-corrected chi connectivity index (χ1v) is 9.61. The zero-order chi connectivity index (χ0) is 20.1. The molecule has 5 heteroatoms. The second-order valence-corrected chi connectivity index (χ2v) is 7.36. The zero-order valence-electron chi connectivity index (χ0n) is 16.0. The van der Waals surface area contributed by atoms with E-state index in [1.807, 2.05) is 32.0 Å². The average molecular weight is 442 g/mol. The van der Waals surface area contributed by atoms with Crippen LogP contribution in [-0.4, -0.2) is 13.3 Å². The Morgan fingerprint density at radius 1 is 1.07 bits per heavy atom. The molecule has 0 aliphatic heterocycles. The van der Waals surface area contributed by atoms with Gasteiger partial charge in [0, 0.05) is 6.21 Å². The molecular weight excluding hydrogens is 421 g/mol. The van der Waals surface area contributed by atoms with Crippen LogP contribution in [0.15, 0.2) is 64.1 Å². The van der Waals surface area contributed by atoms with Crippen LogP contribution in [0.1, 0.15) is 22.3 Å². The molecular formula is C23H21BrFNO2. The van der Waals surface area contributed by atoms with Crippen LogP contribution in [0.5, 0.6) is 11.5 Å². The number of hydrogen-bond acceptors (Lipinski definition) is 3. The van der Waals surface area contributed by atoms with E-state index in [0.717, 1.165) is 32.4 Å². The first-order chi connectivity index (χ1) is 13.5. The number of aliphatic imine (C=N–C) groups is 1. The Bertz CT molecular complexity index is 1020. The van der Waals surface area contributed by atoms with Crippen LogP contribution >= 0.6 is 15.9 Å². The molecule has 3 nitrogen and oxygen atoms in total. The largest absolute Gasteiger partial charge is 0.493 e. The predicted octanol–water partition coefficient (Wildman–Crippen LogP) is 6.54. The fourth-order valence-electron chi connectivity index (χ4n) is 2.74. The third kappa shape index (κ3) is 4.98. The van der Waals surface area contributed by atoms with Gasteiger partial charge in [0.2, 0.25) is 0 Å². The highest BCUT2D eigenvalue weighted by Crippen LogP contribution is 2.37. The standard InChI is InChI=1S/C23H21BrFNO2/c1-15-7-8-16(2)21(9-15)26-13-18-11-20(24)23(22(12-18)27-3)28-14-17-5-4-6-19(25)10-17/h4-13H,14H2,1-3H3. The normalized spacial score (nSPS) is 11.0. The van der Waals surface area contributed by atoms with Crippen LogP contribution in [0.4, 0.5) is 10.1 Å². The van der Waals surface area contributed by atoms with Crippen molar-refractivity contribution in [3.63, 3.8) is 0 Å². The minimum atomic E-state index is -0.287. The van der Waals surface area contributed by atoms with E-state index < -0.39 is 0 Å². The Morgan fingerprint density at radius 2 is 1.89 bits per heavy atom. The van der Waals surface area contributed by atoms with Crippen molar-refractivity contribution in [1.29, 1.82) is 0 Å². The third-order valence-electron chi connectivity index (χ3n) is 4.24. The molecule has 0 N–H and O–H groups in total. The lowest BCUT2D eigenvalue weighted by atomic mass is 10.1. The van der Waals surface area contributed by atoms with E-state index in [1.54, 1.807) is 19.4 Å². The summed E-state index contributed by atoms with van der Waals surface area (Å²) >= 11 is 3.54. The summed E-state index contributed by atoms with van der Waals surface area (Å²) in [6.07, 6.45) is 1.80. The molecule has 144 valence electrons. The van der Waals surface area contributed by atoms with Gasteiger partial charge in [-0.2, -0.15) is 0 Å². The highest BCUT2D eigenvalue weighted by atomic mass is 79.9. The Morgan fingerprint density at radius 3 is 2.64 bits per heavy atom. The van der Waals surface area contributed by atoms with E-state index in [4.69, 9.17) is 9.47 Å². The number of aryl methyl sites for hydroxylation is 2. The molecule has 0 aliphatic rings. The maximum absolute atomic E-state index is 13.3. The van der Waals surface area contributed by atoms with E-state index in [-0.39, 0.29) is 12.4 Å². The van der Waals surface area contributed by atoms with Gasteiger partial charge < -0.3 is 9.47 Å². The zero-order valence-corrected chi connectivity index (χ0v) is 17.6. The van der Waals surface area contributed by atoms with E-state index in [1.165, 1.54) is 12.1 Å². The smallest absolute Gasteiger partial charge is 0.175 e. The second-order valence-electron chi connectivity index (χ2n) is 6.50. The molecule has 0 aliphatic carbocycles. The van der Waals surface area contributed by atoms with Crippen LogP contribution in [0.3, 0.4) is 0 Å². The summed E-state index contributed by atoms with van der Waals surface area (Å²) in [5.41, 5.74) is 4.83. The molecule has 28 heavy (non-hydrogen) atoms. The van der Waals surface area contributed by atoms with E-state index in [9.17, 15) is 4.39 Å². The van der Waals surface area contributed by atoms with Gasteiger partial charge in [-0.15, -0.1) is 0 Å². The molecule has 0 atom stereocenters.